The zero-order valence-corrected chi connectivity index (χ0v) is 13.2. The molecular formula is C12H14BrFN2O3S. The maximum atomic E-state index is 12.7. The number of nitrogens with one attached hydrogen (secondary N) is 1. The minimum atomic E-state index is -4.56. The van der Waals surface area contributed by atoms with Crippen molar-refractivity contribution in [3.63, 3.8) is 0 Å². The van der Waals surface area contributed by atoms with Gasteiger partial charge in [-0.15, -0.1) is 3.89 Å². The van der Waals surface area contributed by atoms with E-state index in [-0.39, 0.29) is 18.9 Å². The first kappa shape index (κ1) is 15.2. The quantitative estimate of drug-likeness (QED) is 0.831. The van der Waals surface area contributed by atoms with Crippen LogP contribution in [0.25, 0.3) is 0 Å². The Morgan fingerprint density at radius 3 is 2.80 bits per heavy atom. The smallest absolute Gasteiger partial charge is 0.302 e. The molecule has 2 rings (SSSR count). The van der Waals surface area contributed by atoms with Gasteiger partial charge >= 0.3 is 10.2 Å². The van der Waals surface area contributed by atoms with Gasteiger partial charge in [0.1, 0.15) is 0 Å². The fourth-order valence-corrected chi connectivity index (χ4v) is 3.50. The van der Waals surface area contributed by atoms with Gasteiger partial charge in [-0.3, -0.25) is 4.79 Å². The van der Waals surface area contributed by atoms with Crippen LogP contribution in [0.1, 0.15) is 6.42 Å². The molecule has 0 radical (unpaired) electrons. The normalized spacial score (nSPS) is 19.4. The molecule has 1 unspecified atom stereocenters. The van der Waals surface area contributed by atoms with Crippen LogP contribution in [-0.4, -0.2) is 33.7 Å². The van der Waals surface area contributed by atoms with Crippen molar-refractivity contribution in [3.05, 3.63) is 22.7 Å². The first-order valence-electron chi connectivity index (χ1n) is 6.00. The number of amides is 1. The van der Waals surface area contributed by atoms with Gasteiger partial charge < -0.3 is 10.2 Å². The first-order chi connectivity index (χ1) is 9.30. The lowest BCUT2D eigenvalue weighted by molar-refractivity contribution is -0.117. The lowest BCUT2D eigenvalue weighted by atomic mass is 10.1. The van der Waals surface area contributed by atoms with Gasteiger partial charge in [0.15, 0.2) is 0 Å². The second-order valence-electron chi connectivity index (χ2n) is 4.69. The standard InChI is InChI=1S/C12H14BrFN2O3S/c1-15-10-5-9(13)2-3-11(10)16-6-8(4-12(16)17)7-20(14,18)19/h2-3,5,8,15H,4,6-7H2,1H3. The van der Waals surface area contributed by atoms with E-state index < -0.39 is 21.9 Å². The molecule has 1 atom stereocenters. The molecule has 5 nitrogen and oxygen atoms in total. The highest BCUT2D eigenvalue weighted by Gasteiger charge is 2.34. The summed E-state index contributed by atoms with van der Waals surface area (Å²) in [6.07, 6.45) is 0.0440. The van der Waals surface area contributed by atoms with E-state index in [1.165, 1.54) is 4.90 Å². The summed E-state index contributed by atoms with van der Waals surface area (Å²) in [4.78, 5) is 13.5. The first-order valence-corrected chi connectivity index (χ1v) is 8.34. The van der Waals surface area contributed by atoms with Crippen LogP contribution in [0.15, 0.2) is 22.7 Å². The van der Waals surface area contributed by atoms with Gasteiger partial charge in [0.25, 0.3) is 0 Å². The average Bonchev–Trinajstić information content (AvgIpc) is 2.67. The molecule has 1 amide bonds. The van der Waals surface area contributed by atoms with Crippen molar-refractivity contribution < 1.29 is 17.1 Å². The van der Waals surface area contributed by atoms with Crippen molar-refractivity contribution in [1.29, 1.82) is 0 Å². The Morgan fingerprint density at radius 1 is 1.50 bits per heavy atom. The van der Waals surface area contributed by atoms with Gasteiger partial charge in [0, 0.05) is 30.4 Å². The largest absolute Gasteiger partial charge is 0.386 e. The minimum absolute atomic E-state index is 0.0440. The molecule has 1 fully saturated rings. The summed E-state index contributed by atoms with van der Waals surface area (Å²) in [5.41, 5.74) is 1.41. The third-order valence-corrected chi connectivity index (χ3v) is 4.52. The Kier molecular flexibility index (Phi) is 4.33. The van der Waals surface area contributed by atoms with E-state index in [0.29, 0.717) is 5.69 Å². The van der Waals surface area contributed by atoms with Crippen LogP contribution in [0.4, 0.5) is 15.3 Å². The predicted octanol–water partition coefficient (Wildman–Crippen LogP) is 2.14. The van der Waals surface area contributed by atoms with Gasteiger partial charge in [-0.05, 0) is 18.2 Å². The number of hydrogen-bond acceptors (Lipinski definition) is 4. The number of carbonyl (C=O) groups excluding carboxylic acids is 1. The van der Waals surface area contributed by atoms with Crippen molar-refractivity contribution in [2.24, 2.45) is 5.92 Å². The van der Waals surface area contributed by atoms with E-state index in [4.69, 9.17) is 0 Å². The van der Waals surface area contributed by atoms with E-state index in [1.807, 2.05) is 6.07 Å². The van der Waals surface area contributed by atoms with Gasteiger partial charge in [-0.25, -0.2) is 0 Å². The molecule has 0 aromatic heterocycles. The molecule has 8 heteroatoms. The zero-order valence-electron chi connectivity index (χ0n) is 10.8. The van der Waals surface area contributed by atoms with Gasteiger partial charge in [-0.1, -0.05) is 15.9 Å². The van der Waals surface area contributed by atoms with Crippen molar-refractivity contribution in [2.45, 2.75) is 6.42 Å². The van der Waals surface area contributed by atoms with Gasteiger partial charge in [0.05, 0.1) is 17.1 Å². The van der Waals surface area contributed by atoms with Crippen LogP contribution in [-0.2, 0) is 15.0 Å². The molecular weight excluding hydrogens is 351 g/mol. The maximum Gasteiger partial charge on any atom is 0.302 e. The van der Waals surface area contributed by atoms with E-state index in [2.05, 4.69) is 21.2 Å². The lowest BCUT2D eigenvalue weighted by Gasteiger charge is -2.20. The summed E-state index contributed by atoms with van der Waals surface area (Å²) in [5.74, 6) is -1.32. The number of hydrogen-bond donors (Lipinski definition) is 1. The Hall–Kier alpha value is -1.15. The molecule has 1 N–H and O–H groups in total. The third-order valence-electron chi connectivity index (χ3n) is 3.16. The van der Waals surface area contributed by atoms with E-state index in [0.717, 1.165) is 10.2 Å². The van der Waals surface area contributed by atoms with Crippen LogP contribution in [0.3, 0.4) is 0 Å². The van der Waals surface area contributed by atoms with E-state index in [1.54, 1.807) is 19.2 Å². The number of halogens is 2. The number of nitrogens with zero attached hydrogens (tertiary/aromatic N) is 1. The molecule has 1 aliphatic heterocycles. The number of benzene rings is 1. The van der Waals surface area contributed by atoms with Crippen molar-refractivity contribution in [1.82, 2.24) is 0 Å². The topological polar surface area (TPSA) is 66.5 Å². The zero-order chi connectivity index (χ0) is 14.9. The predicted molar refractivity (Wildman–Crippen MR) is 79.0 cm³/mol. The molecule has 20 heavy (non-hydrogen) atoms. The molecule has 0 aliphatic carbocycles. The number of rotatable bonds is 4. The summed E-state index contributed by atoms with van der Waals surface area (Å²) in [6.45, 7) is 0.207. The third kappa shape index (κ3) is 3.49. The van der Waals surface area contributed by atoms with E-state index in [9.17, 15) is 17.1 Å². The second kappa shape index (κ2) is 5.69. The summed E-state index contributed by atoms with van der Waals surface area (Å²) in [5, 5.41) is 2.98. The molecule has 110 valence electrons. The van der Waals surface area contributed by atoms with Gasteiger partial charge in [-0.2, -0.15) is 8.42 Å². The summed E-state index contributed by atoms with van der Waals surface area (Å²) >= 11 is 3.34. The molecule has 0 spiro atoms. The Bertz CT molecular complexity index is 636. The van der Waals surface area contributed by atoms with E-state index >= 15 is 0 Å². The number of anilines is 2. The summed E-state index contributed by atoms with van der Waals surface area (Å²) in [6, 6.07) is 5.38. The SMILES string of the molecule is CNc1cc(Br)ccc1N1CC(CS(=O)(=O)F)CC1=O. The molecule has 1 aliphatic rings. The molecule has 1 aromatic carbocycles. The highest BCUT2D eigenvalue weighted by Crippen LogP contribution is 2.33. The molecule has 1 aromatic rings. The van der Waals surface area contributed by atoms with Crippen LogP contribution in [0.5, 0.6) is 0 Å². The molecule has 0 bridgehead atoms. The summed E-state index contributed by atoms with van der Waals surface area (Å²) in [7, 11) is -2.83. The van der Waals surface area contributed by atoms with Crippen LogP contribution in [0, 0.1) is 5.92 Å². The number of carbonyl (C=O) groups is 1. The monoisotopic (exact) mass is 364 g/mol. The Morgan fingerprint density at radius 2 is 2.20 bits per heavy atom. The highest BCUT2D eigenvalue weighted by atomic mass is 79.9. The second-order valence-corrected chi connectivity index (χ2v) is 7.02. The van der Waals surface area contributed by atoms with Crippen molar-refractivity contribution in [2.75, 3.05) is 29.6 Å². The van der Waals surface area contributed by atoms with Crippen molar-refractivity contribution >= 4 is 43.4 Å². The minimum Gasteiger partial charge on any atom is -0.386 e. The van der Waals surface area contributed by atoms with Crippen LogP contribution in [0.2, 0.25) is 0 Å². The van der Waals surface area contributed by atoms with Crippen molar-refractivity contribution in [3.8, 4) is 0 Å². The molecule has 0 saturated carbocycles. The van der Waals surface area contributed by atoms with Gasteiger partial charge in [0.2, 0.25) is 5.91 Å². The van der Waals surface area contributed by atoms with Crippen LogP contribution < -0.4 is 10.2 Å². The summed E-state index contributed by atoms with van der Waals surface area (Å²) < 4.78 is 35.0. The fraction of sp³-hybridized carbons (Fsp3) is 0.417. The average molecular weight is 365 g/mol. The highest BCUT2D eigenvalue weighted by molar-refractivity contribution is 9.10. The Balaban J connectivity index is 2.24. The Labute approximate surface area is 125 Å². The van der Waals surface area contributed by atoms with Crippen LogP contribution >= 0.6 is 15.9 Å². The maximum absolute atomic E-state index is 12.7. The fourth-order valence-electron chi connectivity index (χ4n) is 2.35. The lowest BCUT2D eigenvalue weighted by Crippen LogP contribution is -2.26. The molecule has 1 heterocycles. The molecule has 1 saturated heterocycles.